The van der Waals surface area contributed by atoms with Crippen LogP contribution in [0.3, 0.4) is 0 Å². The van der Waals surface area contributed by atoms with Gasteiger partial charge in [0.15, 0.2) is 0 Å². The predicted octanol–water partition coefficient (Wildman–Crippen LogP) is 4.16. The first-order valence-electron chi connectivity index (χ1n) is 6.41. The van der Waals surface area contributed by atoms with E-state index in [2.05, 4.69) is 5.92 Å². The second-order valence-corrected chi connectivity index (χ2v) is 5.17. The highest BCUT2D eigenvalue weighted by Gasteiger charge is 2.34. The van der Waals surface area contributed by atoms with Gasteiger partial charge in [-0.2, -0.15) is 13.2 Å². The molecule has 18 heavy (non-hydrogen) atoms. The first-order chi connectivity index (χ1) is 8.14. The van der Waals surface area contributed by atoms with Gasteiger partial charge in [0.05, 0.1) is 0 Å². The highest BCUT2D eigenvalue weighted by molar-refractivity contribution is 5.08. The first kappa shape index (κ1) is 17.3. The zero-order valence-corrected chi connectivity index (χ0v) is 11.3. The molecule has 0 heterocycles. The number of aliphatic hydroxyl groups is 1. The van der Waals surface area contributed by atoms with Gasteiger partial charge in [-0.05, 0) is 32.1 Å². The topological polar surface area (TPSA) is 20.2 Å². The van der Waals surface area contributed by atoms with Gasteiger partial charge < -0.3 is 5.11 Å². The van der Waals surface area contributed by atoms with Crippen LogP contribution in [0.5, 0.6) is 0 Å². The molecule has 0 aromatic carbocycles. The summed E-state index contributed by atoms with van der Waals surface area (Å²) < 4.78 is 36.2. The molecule has 0 amide bonds. The molecule has 0 saturated carbocycles. The Balaban J connectivity index is 4.42. The number of terminal acetylenes is 1. The van der Waals surface area contributed by atoms with E-state index in [1.807, 2.05) is 13.8 Å². The van der Waals surface area contributed by atoms with Gasteiger partial charge in [0.1, 0.15) is 5.60 Å². The molecule has 3 unspecified atom stereocenters. The Hall–Kier alpha value is -0.690. The molecule has 0 spiro atoms. The summed E-state index contributed by atoms with van der Waals surface area (Å²) in [5, 5.41) is 10.1. The highest BCUT2D eigenvalue weighted by atomic mass is 19.4. The number of halogens is 3. The van der Waals surface area contributed by atoms with Gasteiger partial charge in [-0.1, -0.05) is 26.2 Å². The van der Waals surface area contributed by atoms with Crippen molar-refractivity contribution in [3.05, 3.63) is 0 Å². The average Bonchev–Trinajstić information content (AvgIpc) is 2.23. The van der Waals surface area contributed by atoms with Crippen LogP contribution in [-0.2, 0) is 0 Å². The molecule has 106 valence electrons. The molecule has 0 rings (SSSR count). The molecule has 0 bridgehead atoms. The summed E-state index contributed by atoms with van der Waals surface area (Å²) in [6.45, 7) is 5.40. The van der Waals surface area contributed by atoms with Gasteiger partial charge in [0.2, 0.25) is 0 Å². The normalized spacial score (nSPS) is 18.8. The zero-order valence-electron chi connectivity index (χ0n) is 11.3. The van der Waals surface area contributed by atoms with Crippen molar-refractivity contribution in [1.82, 2.24) is 0 Å². The van der Waals surface area contributed by atoms with Crippen molar-refractivity contribution in [2.24, 2.45) is 11.8 Å². The van der Waals surface area contributed by atoms with Crippen molar-refractivity contribution in [3.8, 4) is 12.3 Å². The van der Waals surface area contributed by atoms with E-state index >= 15 is 0 Å². The Morgan fingerprint density at radius 3 is 2.22 bits per heavy atom. The molecule has 1 nitrogen and oxygen atoms in total. The third kappa shape index (κ3) is 6.30. The van der Waals surface area contributed by atoms with Crippen molar-refractivity contribution in [1.29, 1.82) is 0 Å². The second-order valence-electron chi connectivity index (χ2n) is 5.17. The van der Waals surface area contributed by atoms with Crippen molar-refractivity contribution in [2.75, 3.05) is 0 Å². The number of hydrogen-bond acceptors (Lipinski definition) is 1. The maximum absolute atomic E-state index is 12.1. The fourth-order valence-electron chi connectivity index (χ4n) is 2.36. The highest BCUT2D eigenvalue weighted by Crippen LogP contribution is 2.33. The van der Waals surface area contributed by atoms with Gasteiger partial charge in [0.25, 0.3) is 0 Å². The minimum absolute atomic E-state index is 0.0154. The summed E-state index contributed by atoms with van der Waals surface area (Å²) in [5.74, 6) is 2.18. The van der Waals surface area contributed by atoms with Crippen LogP contribution in [0.15, 0.2) is 0 Å². The Labute approximate surface area is 108 Å². The van der Waals surface area contributed by atoms with E-state index in [9.17, 15) is 18.3 Å². The first-order valence-corrected chi connectivity index (χ1v) is 6.41. The van der Waals surface area contributed by atoms with Crippen LogP contribution in [0.25, 0.3) is 0 Å². The van der Waals surface area contributed by atoms with Crippen LogP contribution in [0.2, 0.25) is 0 Å². The van der Waals surface area contributed by atoms with E-state index in [0.717, 1.165) is 12.8 Å². The third-order valence-electron chi connectivity index (χ3n) is 3.42. The van der Waals surface area contributed by atoms with Crippen LogP contribution in [0, 0.1) is 24.2 Å². The SMILES string of the molecule is C#CC(C)(O)C(CCC)C(C)CCCC(F)(F)F. The molecule has 0 aliphatic heterocycles. The van der Waals surface area contributed by atoms with E-state index in [1.54, 1.807) is 6.92 Å². The quantitative estimate of drug-likeness (QED) is 0.685. The number of hydrogen-bond donors (Lipinski definition) is 1. The fraction of sp³-hybridized carbons (Fsp3) is 0.857. The molecule has 0 aromatic heterocycles. The van der Waals surface area contributed by atoms with E-state index < -0.39 is 18.2 Å². The molecule has 0 radical (unpaired) electrons. The summed E-state index contributed by atoms with van der Waals surface area (Å²) in [4.78, 5) is 0. The summed E-state index contributed by atoms with van der Waals surface area (Å²) >= 11 is 0. The number of rotatable bonds is 7. The maximum Gasteiger partial charge on any atom is 0.389 e. The summed E-state index contributed by atoms with van der Waals surface area (Å²) in [7, 11) is 0. The minimum atomic E-state index is -4.10. The van der Waals surface area contributed by atoms with Gasteiger partial charge in [-0.15, -0.1) is 6.42 Å². The third-order valence-corrected chi connectivity index (χ3v) is 3.42. The van der Waals surface area contributed by atoms with Gasteiger partial charge >= 0.3 is 6.18 Å². The lowest BCUT2D eigenvalue weighted by Gasteiger charge is -2.33. The molecular weight excluding hydrogens is 241 g/mol. The Morgan fingerprint density at radius 1 is 1.28 bits per heavy atom. The van der Waals surface area contributed by atoms with E-state index in [0.29, 0.717) is 6.42 Å². The van der Waals surface area contributed by atoms with Crippen LogP contribution >= 0.6 is 0 Å². The Kier molecular flexibility index (Phi) is 6.77. The monoisotopic (exact) mass is 264 g/mol. The van der Waals surface area contributed by atoms with Gasteiger partial charge in [0, 0.05) is 12.3 Å². The summed E-state index contributed by atoms with van der Waals surface area (Å²) in [6.07, 6.45) is 2.52. The Bertz CT molecular complexity index is 276. The van der Waals surface area contributed by atoms with E-state index in [4.69, 9.17) is 6.42 Å². The van der Waals surface area contributed by atoms with Gasteiger partial charge in [-0.3, -0.25) is 0 Å². The molecule has 0 aliphatic carbocycles. The zero-order chi connectivity index (χ0) is 14.4. The lowest BCUT2D eigenvalue weighted by Crippen LogP contribution is -2.37. The van der Waals surface area contributed by atoms with Crippen LogP contribution in [-0.4, -0.2) is 16.9 Å². The van der Waals surface area contributed by atoms with Crippen molar-refractivity contribution in [2.45, 2.75) is 64.7 Å². The molecule has 1 N–H and O–H groups in total. The molecule has 0 fully saturated rings. The lowest BCUT2D eigenvalue weighted by atomic mass is 9.75. The smallest absolute Gasteiger partial charge is 0.378 e. The van der Waals surface area contributed by atoms with Crippen LogP contribution in [0.4, 0.5) is 13.2 Å². The molecule has 0 saturated heterocycles. The van der Waals surface area contributed by atoms with E-state index in [1.165, 1.54) is 0 Å². The molecule has 0 aromatic rings. The molecule has 0 aliphatic rings. The fourth-order valence-corrected chi connectivity index (χ4v) is 2.36. The maximum atomic E-state index is 12.1. The lowest BCUT2D eigenvalue weighted by molar-refractivity contribution is -0.136. The molecule has 3 atom stereocenters. The summed E-state index contributed by atoms with van der Waals surface area (Å²) in [5.41, 5.74) is -1.24. The standard InChI is InChI=1S/C14H23F3O/c1-5-8-12(13(4,18)6-2)11(3)9-7-10-14(15,16)17/h2,11-12,18H,5,7-10H2,1,3-4H3. The molecule has 4 heteroatoms. The van der Waals surface area contributed by atoms with Crippen LogP contribution < -0.4 is 0 Å². The summed E-state index contributed by atoms with van der Waals surface area (Å²) in [6, 6.07) is 0. The van der Waals surface area contributed by atoms with Crippen molar-refractivity contribution >= 4 is 0 Å². The van der Waals surface area contributed by atoms with E-state index in [-0.39, 0.29) is 18.3 Å². The van der Waals surface area contributed by atoms with Crippen molar-refractivity contribution < 1.29 is 18.3 Å². The van der Waals surface area contributed by atoms with Crippen LogP contribution in [0.1, 0.15) is 52.9 Å². The van der Waals surface area contributed by atoms with Crippen molar-refractivity contribution in [3.63, 3.8) is 0 Å². The average molecular weight is 264 g/mol. The molecular formula is C14H23F3O. The predicted molar refractivity (Wildman–Crippen MR) is 66.9 cm³/mol. The van der Waals surface area contributed by atoms with Gasteiger partial charge in [-0.25, -0.2) is 0 Å². The largest absolute Gasteiger partial charge is 0.389 e. The minimum Gasteiger partial charge on any atom is -0.378 e. The number of alkyl halides is 3. The second kappa shape index (κ2) is 7.04. The Morgan fingerprint density at radius 2 is 1.83 bits per heavy atom.